The Balaban J connectivity index is 1.83. The lowest BCUT2D eigenvalue weighted by atomic mass is 10.1. The van der Waals surface area contributed by atoms with Crippen LogP contribution < -0.4 is 9.80 Å². The van der Waals surface area contributed by atoms with E-state index < -0.39 is 5.92 Å². The summed E-state index contributed by atoms with van der Waals surface area (Å²) in [7, 11) is 0. The number of rotatable bonds is 4. The van der Waals surface area contributed by atoms with Crippen molar-refractivity contribution in [2.24, 2.45) is 5.92 Å². The molecule has 4 nitrogen and oxygen atoms in total. The molecule has 0 N–H and O–H groups in total. The van der Waals surface area contributed by atoms with E-state index in [0.717, 1.165) is 11.3 Å². The fraction of sp³-hybridized carbons (Fsp3) is 0.300. The van der Waals surface area contributed by atoms with Gasteiger partial charge in [-0.15, -0.1) is 0 Å². The van der Waals surface area contributed by atoms with Gasteiger partial charge in [0.15, 0.2) is 0 Å². The third-order valence-electron chi connectivity index (χ3n) is 4.57. The highest BCUT2D eigenvalue weighted by molar-refractivity contribution is 6.36. The maximum Gasteiger partial charge on any atom is 0.232 e. The molecule has 0 aromatic heterocycles. The molecule has 2 aromatic rings. The van der Waals surface area contributed by atoms with Crippen molar-refractivity contribution in [2.45, 2.75) is 20.3 Å². The van der Waals surface area contributed by atoms with Gasteiger partial charge in [0.2, 0.25) is 11.8 Å². The Hall–Kier alpha value is -2.04. The second kappa shape index (κ2) is 7.68. The fourth-order valence-electron chi connectivity index (χ4n) is 3.28. The monoisotopic (exact) mass is 390 g/mol. The van der Waals surface area contributed by atoms with Gasteiger partial charge < -0.3 is 9.80 Å². The molecule has 1 aliphatic heterocycles. The van der Waals surface area contributed by atoms with Crippen LogP contribution >= 0.6 is 23.2 Å². The van der Waals surface area contributed by atoms with Crippen molar-refractivity contribution in [3.05, 3.63) is 58.1 Å². The quantitative estimate of drug-likeness (QED) is 0.758. The van der Waals surface area contributed by atoms with E-state index in [9.17, 15) is 9.59 Å². The lowest BCUT2D eigenvalue weighted by molar-refractivity contribution is -0.124. The topological polar surface area (TPSA) is 40.6 Å². The summed E-state index contributed by atoms with van der Waals surface area (Å²) in [5.41, 5.74) is 2.49. The van der Waals surface area contributed by atoms with Gasteiger partial charge in [-0.3, -0.25) is 9.59 Å². The maximum absolute atomic E-state index is 13.1. The van der Waals surface area contributed by atoms with Crippen LogP contribution in [0.3, 0.4) is 0 Å². The number of nitrogens with zero attached hydrogens (tertiary/aromatic N) is 2. The Morgan fingerprint density at radius 1 is 1.23 bits per heavy atom. The molecule has 1 aliphatic rings. The average molecular weight is 391 g/mol. The number of benzene rings is 2. The number of carbonyl (C=O) groups is 2. The minimum Gasteiger partial charge on any atom is -0.312 e. The van der Waals surface area contributed by atoms with Gasteiger partial charge in [-0.05, 0) is 49.7 Å². The van der Waals surface area contributed by atoms with Gasteiger partial charge in [0.1, 0.15) is 0 Å². The molecule has 2 amide bonds. The molecule has 0 saturated carbocycles. The molecule has 1 unspecified atom stereocenters. The van der Waals surface area contributed by atoms with E-state index in [1.54, 1.807) is 28.0 Å². The van der Waals surface area contributed by atoms with Crippen molar-refractivity contribution in [1.29, 1.82) is 0 Å². The smallest absolute Gasteiger partial charge is 0.232 e. The molecule has 0 spiro atoms. The van der Waals surface area contributed by atoms with Gasteiger partial charge in [0.05, 0.1) is 16.6 Å². The van der Waals surface area contributed by atoms with E-state index in [-0.39, 0.29) is 18.2 Å². The van der Waals surface area contributed by atoms with Crippen LogP contribution in [0.15, 0.2) is 42.5 Å². The van der Waals surface area contributed by atoms with Gasteiger partial charge >= 0.3 is 0 Å². The number of amides is 2. The third kappa shape index (κ3) is 3.71. The second-order valence-corrected chi connectivity index (χ2v) is 7.27. The van der Waals surface area contributed by atoms with E-state index in [1.165, 1.54) is 0 Å². The standard InChI is InChI=1S/C20H20Cl2N2O2/c1-3-23(16-6-4-5-13(2)9-16)20(26)14-10-19(25)24(12-14)18-11-15(21)7-8-17(18)22/h4-9,11,14H,3,10,12H2,1-2H3. The van der Waals surface area contributed by atoms with E-state index in [1.807, 2.05) is 38.1 Å². The molecule has 1 heterocycles. The first-order valence-electron chi connectivity index (χ1n) is 8.54. The Bertz CT molecular complexity index is 853. The number of aryl methyl sites for hydroxylation is 1. The summed E-state index contributed by atoms with van der Waals surface area (Å²) in [5.74, 6) is -0.571. The Morgan fingerprint density at radius 2 is 2.00 bits per heavy atom. The predicted octanol–water partition coefficient (Wildman–Crippen LogP) is 4.71. The molecule has 1 saturated heterocycles. The van der Waals surface area contributed by atoms with Crippen LogP contribution in [0, 0.1) is 12.8 Å². The molecule has 3 rings (SSSR count). The van der Waals surface area contributed by atoms with Crippen LogP contribution in [0.2, 0.25) is 10.0 Å². The number of hydrogen-bond donors (Lipinski definition) is 0. The number of anilines is 2. The summed E-state index contributed by atoms with van der Waals surface area (Å²) >= 11 is 12.3. The zero-order chi connectivity index (χ0) is 18.8. The van der Waals surface area contributed by atoms with Crippen molar-refractivity contribution < 1.29 is 9.59 Å². The number of hydrogen-bond acceptors (Lipinski definition) is 2. The van der Waals surface area contributed by atoms with Crippen molar-refractivity contribution >= 4 is 46.4 Å². The third-order valence-corrected chi connectivity index (χ3v) is 5.12. The molecule has 26 heavy (non-hydrogen) atoms. The average Bonchev–Trinajstić information content (AvgIpc) is 2.99. The lowest BCUT2D eigenvalue weighted by Crippen LogP contribution is -2.37. The summed E-state index contributed by atoms with van der Waals surface area (Å²) in [6.45, 7) is 4.78. The number of halogens is 2. The van der Waals surface area contributed by atoms with Gasteiger partial charge in [-0.25, -0.2) is 0 Å². The molecule has 0 radical (unpaired) electrons. The minimum absolute atomic E-state index is 0.0490. The highest BCUT2D eigenvalue weighted by Gasteiger charge is 2.38. The molecule has 0 aliphatic carbocycles. The summed E-state index contributed by atoms with van der Waals surface area (Å²) in [6, 6.07) is 12.8. The molecule has 6 heteroatoms. The Labute approximate surface area is 163 Å². The molecule has 136 valence electrons. The maximum atomic E-state index is 13.1. The Kier molecular flexibility index (Phi) is 5.54. The van der Waals surface area contributed by atoms with Gasteiger partial charge in [-0.1, -0.05) is 35.3 Å². The van der Waals surface area contributed by atoms with E-state index in [4.69, 9.17) is 23.2 Å². The minimum atomic E-state index is -0.405. The number of carbonyl (C=O) groups excluding carboxylic acids is 2. The molecule has 1 atom stereocenters. The van der Waals surface area contributed by atoms with Gasteiger partial charge in [-0.2, -0.15) is 0 Å². The van der Waals surface area contributed by atoms with Gasteiger partial charge in [0.25, 0.3) is 0 Å². The largest absolute Gasteiger partial charge is 0.312 e. The van der Waals surface area contributed by atoms with Crippen LogP contribution in [0.25, 0.3) is 0 Å². The molecule has 2 aromatic carbocycles. The van der Waals surface area contributed by atoms with Crippen LogP contribution in [0.4, 0.5) is 11.4 Å². The van der Waals surface area contributed by atoms with Crippen LogP contribution in [0.1, 0.15) is 18.9 Å². The lowest BCUT2D eigenvalue weighted by Gasteiger charge is -2.25. The highest BCUT2D eigenvalue weighted by atomic mass is 35.5. The summed E-state index contributed by atoms with van der Waals surface area (Å²) in [6.07, 6.45) is 0.171. The normalized spacial score (nSPS) is 16.8. The van der Waals surface area contributed by atoms with E-state index >= 15 is 0 Å². The van der Waals surface area contributed by atoms with Crippen molar-refractivity contribution in [3.8, 4) is 0 Å². The van der Waals surface area contributed by atoms with Crippen LogP contribution in [0.5, 0.6) is 0 Å². The van der Waals surface area contributed by atoms with E-state index in [0.29, 0.717) is 28.8 Å². The molecular formula is C20H20Cl2N2O2. The summed E-state index contributed by atoms with van der Waals surface area (Å²) in [5, 5.41) is 0.948. The first kappa shape index (κ1) is 18.7. The zero-order valence-corrected chi connectivity index (χ0v) is 16.2. The van der Waals surface area contributed by atoms with Crippen molar-refractivity contribution in [1.82, 2.24) is 0 Å². The van der Waals surface area contributed by atoms with Gasteiger partial charge in [0, 0.05) is 30.2 Å². The summed E-state index contributed by atoms with van der Waals surface area (Å²) < 4.78 is 0. The van der Waals surface area contributed by atoms with Crippen LogP contribution in [-0.2, 0) is 9.59 Å². The molecule has 0 bridgehead atoms. The Morgan fingerprint density at radius 3 is 2.69 bits per heavy atom. The van der Waals surface area contributed by atoms with Crippen molar-refractivity contribution in [2.75, 3.05) is 22.9 Å². The van der Waals surface area contributed by atoms with Crippen molar-refractivity contribution in [3.63, 3.8) is 0 Å². The van der Waals surface area contributed by atoms with E-state index in [2.05, 4.69) is 0 Å². The molecule has 1 fully saturated rings. The predicted molar refractivity (Wildman–Crippen MR) is 106 cm³/mol. The summed E-state index contributed by atoms with van der Waals surface area (Å²) in [4.78, 5) is 28.8. The first-order chi connectivity index (χ1) is 12.4. The second-order valence-electron chi connectivity index (χ2n) is 6.42. The van der Waals surface area contributed by atoms with Crippen LogP contribution in [-0.4, -0.2) is 24.9 Å². The first-order valence-corrected chi connectivity index (χ1v) is 9.29. The molecular weight excluding hydrogens is 371 g/mol. The highest BCUT2D eigenvalue weighted by Crippen LogP contribution is 2.34. The zero-order valence-electron chi connectivity index (χ0n) is 14.7. The SMILES string of the molecule is CCN(C(=O)C1CC(=O)N(c2cc(Cl)ccc2Cl)C1)c1cccc(C)c1. The fourth-order valence-corrected chi connectivity index (χ4v) is 3.67.